The summed E-state index contributed by atoms with van der Waals surface area (Å²) in [7, 11) is 1.58. The van der Waals surface area contributed by atoms with Gasteiger partial charge in [0.1, 0.15) is 10.4 Å². The summed E-state index contributed by atoms with van der Waals surface area (Å²) in [4.78, 5) is 26.5. The lowest BCUT2D eigenvalue weighted by Gasteiger charge is -2.21. The first-order chi connectivity index (χ1) is 13.9. The van der Waals surface area contributed by atoms with Gasteiger partial charge in [0.05, 0.1) is 25.2 Å². The largest absolute Gasteiger partial charge is 0.493 e. The van der Waals surface area contributed by atoms with Gasteiger partial charge in [0, 0.05) is 0 Å². The van der Waals surface area contributed by atoms with Crippen LogP contribution in [0.15, 0.2) is 23.1 Å². The molecule has 0 aromatic heterocycles. The van der Waals surface area contributed by atoms with Gasteiger partial charge in [0.25, 0.3) is 5.91 Å². The summed E-state index contributed by atoms with van der Waals surface area (Å²) in [6, 6.07) is 4.75. The number of rotatable bonds is 10. The second kappa shape index (κ2) is 11.2. The van der Waals surface area contributed by atoms with E-state index < -0.39 is 12.0 Å². The first-order valence-corrected chi connectivity index (χ1v) is 10.9. The molecule has 0 N–H and O–H groups in total. The molecule has 0 aliphatic carbocycles. The minimum Gasteiger partial charge on any atom is -0.493 e. The van der Waals surface area contributed by atoms with Crippen molar-refractivity contribution in [2.75, 3.05) is 20.3 Å². The molecule has 1 amide bonds. The first kappa shape index (κ1) is 23.2. The molecule has 1 aliphatic heterocycles. The number of nitrogens with zero attached hydrogens (tertiary/aromatic N) is 1. The predicted molar refractivity (Wildman–Crippen MR) is 119 cm³/mol. The monoisotopic (exact) mass is 437 g/mol. The molecule has 1 atom stereocenters. The zero-order chi connectivity index (χ0) is 21.4. The molecule has 29 heavy (non-hydrogen) atoms. The highest BCUT2D eigenvalue weighted by molar-refractivity contribution is 8.26. The molecule has 158 valence electrons. The smallest absolute Gasteiger partial charge is 0.329 e. The van der Waals surface area contributed by atoms with Crippen LogP contribution < -0.4 is 9.47 Å². The third-order valence-corrected chi connectivity index (χ3v) is 5.66. The summed E-state index contributed by atoms with van der Waals surface area (Å²) in [6.07, 6.45) is 4.97. The molecule has 1 heterocycles. The van der Waals surface area contributed by atoms with Crippen LogP contribution in [0.2, 0.25) is 0 Å². The maximum atomic E-state index is 12.8. The number of methoxy groups -OCH3 is 1. The third-order valence-electron chi connectivity index (χ3n) is 4.33. The molecule has 0 spiro atoms. The number of carbonyl (C=O) groups excluding carboxylic acids is 2. The van der Waals surface area contributed by atoms with Crippen molar-refractivity contribution in [1.82, 2.24) is 4.90 Å². The van der Waals surface area contributed by atoms with Gasteiger partial charge in [0.2, 0.25) is 0 Å². The van der Waals surface area contributed by atoms with Crippen molar-refractivity contribution in [2.24, 2.45) is 0 Å². The van der Waals surface area contributed by atoms with Crippen LogP contribution in [0.3, 0.4) is 0 Å². The number of thiocarbonyl (C=S) groups is 1. The topological polar surface area (TPSA) is 65.1 Å². The summed E-state index contributed by atoms with van der Waals surface area (Å²) in [6.45, 7) is 6.36. The quantitative estimate of drug-likeness (QED) is 0.232. The molecule has 0 saturated carbocycles. The number of thioether (sulfide) groups is 1. The average Bonchev–Trinajstić information content (AvgIpc) is 2.98. The Bertz CT molecular complexity index is 793. The van der Waals surface area contributed by atoms with Gasteiger partial charge in [-0.25, -0.2) is 4.79 Å². The zero-order valence-corrected chi connectivity index (χ0v) is 18.9. The Morgan fingerprint density at radius 2 is 2.03 bits per heavy atom. The van der Waals surface area contributed by atoms with Crippen LogP contribution in [0.1, 0.15) is 45.6 Å². The van der Waals surface area contributed by atoms with Gasteiger partial charge < -0.3 is 14.2 Å². The Labute approximate surface area is 181 Å². The van der Waals surface area contributed by atoms with Crippen molar-refractivity contribution in [3.05, 3.63) is 28.7 Å². The highest BCUT2D eigenvalue weighted by atomic mass is 32.2. The van der Waals surface area contributed by atoms with Crippen molar-refractivity contribution in [3.8, 4) is 11.5 Å². The molecule has 2 rings (SSSR count). The number of benzene rings is 1. The fourth-order valence-corrected chi connectivity index (χ4v) is 4.18. The van der Waals surface area contributed by atoms with Gasteiger partial charge >= 0.3 is 5.97 Å². The van der Waals surface area contributed by atoms with Crippen LogP contribution >= 0.6 is 24.0 Å². The second-order valence-corrected chi connectivity index (χ2v) is 8.12. The SMILES string of the molecule is CCCCCOc1ccc(/C=C2\SC(=S)N(C(C)C(=O)OCC)C2=O)cc1OC. The fourth-order valence-electron chi connectivity index (χ4n) is 2.76. The Morgan fingerprint density at radius 3 is 2.69 bits per heavy atom. The summed E-state index contributed by atoms with van der Waals surface area (Å²) < 4.78 is 16.6. The van der Waals surface area contributed by atoms with Crippen LogP contribution in [0.5, 0.6) is 11.5 Å². The van der Waals surface area contributed by atoms with Gasteiger partial charge in [-0.05, 0) is 44.0 Å². The number of hydrogen-bond acceptors (Lipinski definition) is 7. The number of hydrogen-bond donors (Lipinski definition) is 0. The predicted octanol–water partition coefficient (Wildman–Crippen LogP) is 4.42. The molecule has 1 fully saturated rings. The second-order valence-electron chi connectivity index (χ2n) is 6.45. The number of unbranched alkanes of at least 4 members (excludes halogenated alkanes) is 2. The van der Waals surface area contributed by atoms with E-state index in [4.69, 9.17) is 26.4 Å². The van der Waals surface area contributed by atoms with Gasteiger partial charge in [0.15, 0.2) is 11.5 Å². The standard InChI is InChI=1S/C21H27NO5S2/c1-5-7-8-11-27-16-10-9-15(12-17(16)25-4)13-18-19(23)22(21(28)29-18)14(3)20(24)26-6-2/h9-10,12-14H,5-8,11H2,1-4H3/b18-13-. The van der Waals surface area contributed by atoms with Crippen LogP contribution in [0.25, 0.3) is 6.08 Å². The first-order valence-electron chi connectivity index (χ1n) is 9.67. The lowest BCUT2D eigenvalue weighted by Crippen LogP contribution is -2.42. The number of amides is 1. The van der Waals surface area contributed by atoms with Crippen molar-refractivity contribution in [3.63, 3.8) is 0 Å². The van der Waals surface area contributed by atoms with E-state index in [-0.39, 0.29) is 12.5 Å². The van der Waals surface area contributed by atoms with Gasteiger partial charge in [-0.1, -0.05) is 49.8 Å². The Morgan fingerprint density at radius 1 is 1.28 bits per heavy atom. The highest BCUT2D eigenvalue weighted by Gasteiger charge is 2.38. The van der Waals surface area contributed by atoms with E-state index in [1.54, 1.807) is 27.0 Å². The summed E-state index contributed by atoms with van der Waals surface area (Å²) >= 11 is 6.47. The highest BCUT2D eigenvalue weighted by Crippen LogP contribution is 2.36. The molecular weight excluding hydrogens is 410 g/mol. The van der Waals surface area contributed by atoms with E-state index in [1.807, 2.05) is 18.2 Å². The van der Waals surface area contributed by atoms with Crippen LogP contribution in [0.4, 0.5) is 0 Å². The number of ether oxygens (including phenoxy) is 3. The lowest BCUT2D eigenvalue weighted by molar-refractivity contribution is -0.149. The molecule has 6 nitrogen and oxygen atoms in total. The zero-order valence-electron chi connectivity index (χ0n) is 17.2. The van der Waals surface area contributed by atoms with Crippen LogP contribution in [-0.2, 0) is 14.3 Å². The van der Waals surface area contributed by atoms with Crippen LogP contribution in [-0.4, -0.2) is 47.5 Å². The summed E-state index contributed by atoms with van der Waals surface area (Å²) in [5.74, 6) is 0.491. The Balaban J connectivity index is 2.16. The van der Waals surface area contributed by atoms with E-state index in [2.05, 4.69) is 6.92 Å². The van der Waals surface area contributed by atoms with Crippen molar-refractivity contribution < 1.29 is 23.8 Å². The average molecular weight is 438 g/mol. The van der Waals surface area contributed by atoms with Crippen molar-refractivity contribution in [1.29, 1.82) is 0 Å². The van der Waals surface area contributed by atoms with Crippen molar-refractivity contribution in [2.45, 2.75) is 46.1 Å². The van der Waals surface area contributed by atoms with E-state index >= 15 is 0 Å². The Kier molecular flexibility index (Phi) is 8.98. The Hall–Kier alpha value is -2.06. The molecule has 1 unspecified atom stereocenters. The van der Waals surface area contributed by atoms with E-state index in [9.17, 15) is 9.59 Å². The normalized spacial score (nSPS) is 16.3. The van der Waals surface area contributed by atoms with Crippen LogP contribution in [0, 0.1) is 0 Å². The lowest BCUT2D eigenvalue weighted by atomic mass is 10.1. The molecule has 0 radical (unpaired) electrons. The van der Waals surface area contributed by atoms with Gasteiger partial charge in [-0.2, -0.15) is 0 Å². The molecule has 1 aromatic carbocycles. The van der Waals surface area contributed by atoms with E-state index in [0.717, 1.165) is 24.8 Å². The van der Waals surface area contributed by atoms with Crippen molar-refractivity contribution >= 4 is 46.3 Å². The molecule has 8 heteroatoms. The minimum absolute atomic E-state index is 0.250. The summed E-state index contributed by atoms with van der Waals surface area (Å²) in [5.41, 5.74) is 0.784. The molecule has 1 aliphatic rings. The maximum Gasteiger partial charge on any atom is 0.329 e. The molecule has 1 saturated heterocycles. The van der Waals surface area contributed by atoms with Gasteiger partial charge in [-0.3, -0.25) is 9.69 Å². The fraction of sp³-hybridized carbons (Fsp3) is 0.476. The molecule has 1 aromatic rings. The van der Waals surface area contributed by atoms with E-state index in [0.29, 0.717) is 27.3 Å². The van der Waals surface area contributed by atoms with Gasteiger partial charge in [-0.15, -0.1) is 0 Å². The molecular formula is C21H27NO5S2. The van der Waals surface area contributed by atoms with E-state index in [1.165, 1.54) is 16.7 Å². The third kappa shape index (κ3) is 5.96. The summed E-state index contributed by atoms with van der Waals surface area (Å²) in [5, 5.41) is 0. The minimum atomic E-state index is -0.762. The number of carbonyl (C=O) groups is 2. The maximum absolute atomic E-state index is 12.8. The molecule has 0 bridgehead atoms. The number of esters is 1.